The van der Waals surface area contributed by atoms with Crippen molar-refractivity contribution in [2.24, 2.45) is 0 Å². The molecule has 2 amide bonds. The number of hydrogen-bond acceptors (Lipinski definition) is 5. The third-order valence-electron chi connectivity index (χ3n) is 5.41. The standard InChI is InChI=1S/C24H24N4O3S/c1-17-6-5-7-18(14-17)15-21-23(30)28(19-8-3-2-4-9-19)24(32-21)20(16-25)22(29)26-27-10-12-31-13-11-27/h2-9,14,21H,10-13,15H2,1H3,(H,26,29)/p+1/b24-20+. The van der Waals surface area contributed by atoms with Gasteiger partial charge < -0.3 is 4.74 Å². The van der Waals surface area contributed by atoms with Crippen molar-refractivity contribution in [1.82, 2.24) is 5.43 Å². The van der Waals surface area contributed by atoms with Gasteiger partial charge in [-0.05, 0) is 31.0 Å². The summed E-state index contributed by atoms with van der Waals surface area (Å²) in [6, 6.07) is 19.3. The van der Waals surface area contributed by atoms with Crippen molar-refractivity contribution in [2.45, 2.75) is 18.6 Å². The van der Waals surface area contributed by atoms with E-state index in [0.717, 1.165) is 16.1 Å². The summed E-state index contributed by atoms with van der Waals surface area (Å²) in [5.74, 6) is -0.603. The van der Waals surface area contributed by atoms with Crippen molar-refractivity contribution < 1.29 is 19.3 Å². The molecule has 32 heavy (non-hydrogen) atoms. The van der Waals surface area contributed by atoms with Crippen LogP contribution in [0.4, 0.5) is 5.69 Å². The van der Waals surface area contributed by atoms with Gasteiger partial charge in [-0.15, -0.1) is 0 Å². The Bertz CT molecular complexity index is 1070. The molecule has 8 heteroatoms. The molecule has 2 aromatic carbocycles. The van der Waals surface area contributed by atoms with E-state index in [9.17, 15) is 14.9 Å². The van der Waals surface area contributed by atoms with E-state index in [2.05, 4.69) is 17.6 Å². The minimum absolute atomic E-state index is 0.0436. The maximum absolute atomic E-state index is 13.4. The maximum Gasteiger partial charge on any atom is 0.309 e. The molecule has 0 spiro atoms. The first-order chi connectivity index (χ1) is 15.6. The van der Waals surface area contributed by atoms with E-state index < -0.39 is 11.2 Å². The lowest BCUT2D eigenvalue weighted by Gasteiger charge is -2.24. The van der Waals surface area contributed by atoms with Gasteiger partial charge in [0.25, 0.3) is 0 Å². The zero-order valence-electron chi connectivity index (χ0n) is 17.8. The van der Waals surface area contributed by atoms with Gasteiger partial charge in [-0.1, -0.05) is 59.8 Å². The molecule has 2 saturated heterocycles. The number of benzene rings is 2. The van der Waals surface area contributed by atoms with Crippen molar-refractivity contribution in [1.29, 1.82) is 5.26 Å². The van der Waals surface area contributed by atoms with Gasteiger partial charge in [0.15, 0.2) is 5.57 Å². The topological polar surface area (TPSA) is 86.9 Å². The van der Waals surface area contributed by atoms with E-state index in [1.165, 1.54) is 16.7 Å². The third kappa shape index (κ3) is 4.86. The van der Waals surface area contributed by atoms with Gasteiger partial charge in [-0.25, -0.2) is 5.01 Å². The van der Waals surface area contributed by atoms with E-state index in [1.807, 2.05) is 55.5 Å². The number of rotatable bonds is 5. The largest absolute Gasteiger partial charge is 0.370 e. The summed E-state index contributed by atoms with van der Waals surface area (Å²) < 4.78 is 5.33. The fraction of sp³-hybridized carbons (Fsp3) is 0.292. The first kappa shape index (κ1) is 22.1. The van der Waals surface area contributed by atoms with E-state index >= 15 is 0 Å². The normalized spacial score (nSPS) is 20.7. The number of quaternary nitrogens is 1. The molecule has 2 aliphatic heterocycles. The molecule has 2 heterocycles. The Morgan fingerprint density at radius 2 is 1.97 bits per heavy atom. The van der Waals surface area contributed by atoms with Crippen LogP contribution in [0.3, 0.4) is 0 Å². The lowest BCUT2D eigenvalue weighted by atomic mass is 10.1. The van der Waals surface area contributed by atoms with E-state index in [0.29, 0.717) is 43.4 Å². The molecule has 1 unspecified atom stereocenters. The van der Waals surface area contributed by atoms with Crippen molar-refractivity contribution in [3.05, 3.63) is 76.3 Å². The number of ether oxygens (including phenoxy) is 1. The van der Waals surface area contributed by atoms with Crippen LogP contribution in [0.2, 0.25) is 0 Å². The van der Waals surface area contributed by atoms with Gasteiger partial charge in [0.2, 0.25) is 5.91 Å². The second-order valence-corrected chi connectivity index (χ2v) is 8.96. The average molecular weight is 450 g/mol. The lowest BCUT2D eigenvalue weighted by molar-refractivity contribution is -0.943. The Balaban J connectivity index is 1.67. The van der Waals surface area contributed by atoms with Crippen molar-refractivity contribution in [3.63, 3.8) is 0 Å². The first-order valence-corrected chi connectivity index (χ1v) is 11.4. The molecule has 0 bridgehead atoms. The molecule has 2 aromatic rings. The van der Waals surface area contributed by atoms with Crippen LogP contribution in [0, 0.1) is 18.3 Å². The molecule has 2 fully saturated rings. The number of nitrogens with zero attached hydrogens (tertiary/aromatic N) is 2. The molecule has 0 saturated carbocycles. The Kier molecular flexibility index (Phi) is 6.90. The zero-order valence-corrected chi connectivity index (χ0v) is 18.7. The van der Waals surface area contributed by atoms with Gasteiger partial charge >= 0.3 is 5.91 Å². The highest BCUT2D eigenvalue weighted by molar-refractivity contribution is 8.05. The number of amides is 2. The Morgan fingerprint density at radius 1 is 1.22 bits per heavy atom. The van der Waals surface area contributed by atoms with Gasteiger partial charge in [0, 0.05) is 5.69 Å². The van der Waals surface area contributed by atoms with E-state index in [1.54, 1.807) is 0 Å². The summed E-state index contributed by atoms with van der Waals surface area (Å²) in [7, 11) is 0. The highest BCUT2D eigenvalue weighted by Crippen LogP contribution is 2.41. The van der Waals surface area contributed by atoms with Gasteiger partial charge in [-0.2, -0.15) is 10.7 Å². The van der Waals surface area contributed by atoms with Crippen LogP contribution in [0.25, 0.3) is 0 Å². The Labute approximate surface area is 191 Å². The van der Waals surface area contributed by atoms with Crippen LogP contribution in [0.1, 0.15) is 11.1 Å². The SMILES string of the molecule is Cc1cccc(CC2S/C(=C(\C#N)C(=O)N[NH+]3CCOCC3)N(c3ccccc3)C2=O)c1. The summed E-state index contributed by atoms with van der Waals surface area (Å²) in [5, 5.41) is 10.7. The van der Waals surface area contributed by atoms with Crippen LogP contribution in [-0.2, 0) is 20.7 Å². The van der Waals surface area contributed by atoms with Crippen molar-refractivity contribution >= 4 is 29.3 Å². The average Bonchev–Trinajstić information content (AvgIpc) is 3.11. The predicted octanol–water partition coefficient (Wildman–Crippen LogP) is 1.37. The number of anilines is 1. The number of nitrogens with one attached hydrogen (secondary N) is 2. The third-order valence-corrected chi connectivity index (χ3v) is 6.67. The molecule has 164 valence electrons. The Hall–Kier alpha value is -3.12. The summed E-state index contributed by atoms with van der Waals surface area (Å²) in [6.07, 6.45) is 0.521. The molecular weight excluding hydrogens is 424 g/mol. The first-order valence-electron chi connectivity index (χ1n) is 10.6. The number of para-hydroxylation sites is 1. The fourth-order valence-electron chi connectivity index (χ4n) is 3.82. The van der Waals surface area contributed by atoms with Gasteiger partial charge in [0.1, 0.15) is 24.2 Å². The number of carbonyl (C=O) groups is 2. The molecule has 0 aromatic heterocycles. The molecule has 0 aliphatic carbocycles. The zero-order chi connectivity index (χ0) is 22.5. The minimum atomic E-state index is -0.475. The molecule has 0 radical (unpaired) electrons. The number of thioether (sulfide) groups is 1. The lowest BCUT2D eigenvalue weighted by Crippen LogP contribution is -3.20. The van der Waals surface area contributed by atoms with Crippen LogP contribution in [0.15, 0.2) is 65.2 Å². The number of carbonyl (C=O) groups excluding carboxylic acids is 2. The monoisotopic (exact) mass is 449 g/mol. The fourth-order valence-corrected chi connectivity index (χ4v) is 5.13. The highest BCUT2D eigenvalue weighted by atomic mass is 32.2. The summed E-state index contributed by atoms with van der Waals surface area (Å²) >= 11 is 1.28. The minimum Gasteiger partial charge on any atom is -0.370 e. The van der Waals surface area contributed by atoms with Crippen LogP contribution in [0.5, 0.6) is 0 Å². The smallest absolute Gasteiger partial charge is 0.309 e. The second kappa shape index (κ2) is 10.0. The molecule has 7 nitrogen and oxygen atoms in total. The van der Waals surface area contributed by atoms with Crippen molar-refractivity contribution in [3.8, 4) is 6.07 Å². The van der Waals surface area contributed by atoms with Gasteiger partial charge in [-0.3, -0.25) is 14.5 Å². The number of aryl methyl sites for hydroxylation is 1. The molecule has 2 N–H and O–H groups in total. The molecular formula is C24H25N4O3S+. The molecule has 4 rings (SSSR count). The van der Waals surface area contributed by atoms with Crippen molar-refractivity contribution in [2.75, 3.05) is 31.2 Å². The second-order valence-electron chi connectivity index (χ2n) is 7.77. The summed E-state index contributed by atoms with van der Waals surface area (Å²) in [4.78, 5) is 28.0. The highest BCUT2D eigenvalue weighted by Gasteiger charge is 2.41. The van der Waals surface area contributed by atoms with E-state index in [4.69, 9.17) is 4.74 Å². The molecule has 1 atom stereocenters. The van der Waals surface area contributed by atoms with E-state index in [-0.39, 0.29) is 11.5 Å². The van der Waals surface area contributed by atoms with Crippen LogP contribution in [-0.4, -0.2) is 43.4 Å². The predicted molar refractivity (Wildman–Crippen MR) is 122 cm³/mol. The number of hydrogen-bond donors (Lipinski definition) is 2. The maximum atomic E-state index is 13.4. The number of nitriles is 1. The Morgan fingerprint density at radius 3 is 2.66 bits per heavy atom. The molecule has 2 aliphatic rings. The van der Waals surface area contributed by atoms with Crippen LogP contribution < -0.4 is 15.3 Å². The summed E-state index contributed by atoms with van der Waals surface area (Å²) in [5.41, 5.74) is 5.64. The summed E-state index contributed by atoms with van der Waals surface area (Å²) in [6.45, 7) is 4.38. The van der Waals surface area contributed by atoms with Gasteiger partial charge in [0.05, 0.1) is 18.5 Å². The van der Waals surface area contributed by atoms with Crippen LogP contribution >= 0.6 is 11.8 Å². The quantitative estimate of drug-likeness (QED) is 0.532. The number of morpholine rings is 1.